The van der Waals surface area contributed by atoms with Gasteiger partial charge in [-0.3, -0.25) is 0 Å². The molecule has 1 saturated heterocycles. The van der Waals surface area contributed by atoms with Gasteiger partial charge in [0.1, 0.15) is 5.75 Å². The molecule has 0 bridgehead atoms. The van der Waals surface area contributed by atoms with Crippen LogP contribution in [-0.2, 0) is 0 Å². The Morgan fingerprint density at radius 2 is 2.04 bits per heavy atom. The Morgan fingerprint density at radius 3 is 2.71 bits per heavy atom. The molecule has 0 unspecified atom stereocenters. The van der Waals surface area contributed by atoms with Crippen molar-refractivity contribution in [1.82, 2.24) is 15.3 Å². The Kier molecular flexibility index (Phi) is 5.19. The van der Waals surface area contributed by atoms with Crippen LogP contribution in [0.4, 0.5) is 5.95 Å². The molecule has 0 saturated carbocycles. The Labute approximate surface area is 144 Å². The van der Waals surface area contributed by atoms with Gasteiger partial charge in [-0.15, -0.1) is 0 Å². The van der Waals surface area contributed by atoms with E-state index in [4.69, 9.17) is 14.7 Å². The number of piperidine rings is 1. The van der Waals surface area contributed by atoms with Gasteiger partial charge in [-0.2, -0.15) is 0 Å². The van der Waals surface area contributed by atoms with Crippen molar-refractivity contribution in [3.8, 4) is 5.75 Å². The van der Waals surface area contributed by atoms with E-state index in [1.807, 2.05) is 25.1 Å². The van der Waals surface area contributed by atoms with Crippen molar-refractivity contribution in [1.29, 1.82) is 0 Å². The van der Waals surface area contributed by atoms with Gasteiger partial charge in [0.05, 0.1) is 18.3 Å². The van der Waals surface area contributed by atoms with Crippen molar-refractivity contribution in [2.24, 2.45) is 0 Å². The summed E-state index contributed by atoms with van der Waals surface area (Å²) in [6.07, 6.45) is 3.47. The maximum absolute atomic E-state index is 5.30. The van der Waals surface area contributed by atoms with E-state index >= 15 is 0 Å². The highest BCUT2D eigenvalue weighted by Gasteiger charge is 2.22. The van der Waals surface area contributed by atoms with Crippen molar-refractivity contribution >= 4 is 16.9 Å². The average Bonchev–Trinajstić information content (AvgIpc) is 2.62. The number of hydrogen-bond donors (Lipinski definition) is 1. The Balaban J connectivity index is 1.74. The number of aryl methyl sites for hydroxylation is 1. The van der Waals surface area contributed by atoms with E-state index in [1.165, 1.54) is 6.42 Å². The molecule has 1 atom stereocenters. The molecule has 1 aromatic carbocycles. The third-order valence-corrected chi connectivity index (χ3v) is 4.99. The number of methoxy groups -OCH3 is 1. The minimum absolute atomic E-state index is 0.593. The van der Waals surface area contributed by atoms with Crippen LogP contribution >= 0.6 is 0 Å². The lowest BCUT2D eigenvalue weighted by Crippen LogP contribution is -2.45. The first-order valence-corrected chi connectivity index (χ1v) is 8.94. The number of benzene rings is 1. The van der Waals surface area contributed by atoms with Crippen LogP contribution in [0.15, 0.2) is 18.2 Å². The SMILES string of the molecule is CC[C@@H](C)NC1CCN(c2nc(C)c3cc(OC)ccc3n2)CC1. The molecule has 2 heterocycles. The van der Waals surface area contributed by atoms with Gasteiger partial charge < -0.3 is 15.0 Å². The lowest BCUT2D eigenvalue weighted by molar-refractivity contribution is 0.370. The van der Waals surface area contributed by atoms with E-state index in [9.17, 15) is 0 Å². The number of anilines is 1. The van der Waals surface area contributed by atoms with Gasteiger partial charge in [0.25, 0.3) is 0 Å². The Morgan fingerprint density at radius 1 is 1.29 bits per heavy atom. The highest BCUT2D eigenvalue weighted by atomic mass is 16.5. The fourth-order valence-electron chi connectivity index (χ4n) is 3.28. The molecule has 3 rings (SSSR count). The summed E-state index contributed by atoms with van der Waals surface area (Å²) in [6, 6.07) is 7.19. The van der Waals surface area contributed by atoms with Crippen LogP contribution in [0.25, 0.3) is 10.9 Å². The second kappa shape index (κ2) is 7.34. The molecule has 2 aromatic rings. The normalized spacial score (nSPS) is 17.2. The molecule has 0 amide bonds. The van der Waals surface area contributed by atoms with Crippen LogP contribution in [0.3, 0.4) is 0 Å². The van der Waals surface area contributed by atoms with Crippen LogP contribution in [0.5, 0.6) is 5.75 Å². The summed E-state index contributed by atoms with van der Waals surface area (Å²) < 4.78 is 5.30. The molecule has 5 nitrogen and oxygen atoms in total. The molecule has 5 heteroatoms. The standard InChI is InChI=1S/C19H28N4O/c1-5-13(2)20-15-8-10-23(11-9-15)19-21-14(3)17-12-16(24-4)6-7-18(17)22-19/h6-7,12-13,15,20H,5,8-11H2,1-4H3/t13-/m1/s1. The summed E-state index contributed by atoms with van der Waals surface area (Å²) in [6.45, 7) is 8.55. The fraction of sp³-hybridized carbons (Fsp3) is 0.579. The van der Waals surface area contributed by atoms with E-state index in [1.54, 1.807) is 7.11 Å². The summed E-state index contributed by atoms with van der Waals surface area (Å²) in [5, 5.41) is 4.77. The van der Waals surface area contributed by atoms with Crippen molar-refractivity contribution in [3.05, 3.63) is 23.9 Å². The van der Waals surface area contributed by atoms with Crippen LogP contribution in [0.2, 0.25) is 0 Å². The molecular weight excluding hydrogens is 300 g/mol. The van der Waals surface area contributed by atoms with Gasteiger partial charge in [-0.1, -0.05) is 6.92 Å². The Hall–Kier alpha value is -1.88. The fourth-order valence-corrected chi connectivity index (χ4v) is 3.28. The second-order valence-corrected chi connectivity index (χ2v) is 6.73. The van der Waals surface area contributed by atoms with E-state index in [-0.39, 0.29) is 0 Å². The van der Waals surface area contributed by atoms with Gasteiger partial charge in [-0.25, -0.2) is 9.97 Å². The van der Waals surface area contributed by atoms with Gasteiger partial charge in [-0.05, 0) is 51.3 Å². The lowest BCUT2D eigenvalue weighted by atomic mass is 10.0. The molecule has 1 aliphatic rings. The molecular formula is C19H28N4O. The smallest absolute Gasteiger partial charge is 0.226 e. The van der Waals surface area contributed by atoms with Crippen LogP contribution in [0.1, 0.15) is 38.8 Å². The van der Waals surface area contributed by atoms with E-state index in [0.717, 1.165) is 54.2 Å². The van der Waals surface area contributed by atoms with Crippen LogP contribution < -0.4 is 15.0 Å². The number of rotatable bonds is 5. The summed E-state index contributed by atoms with van der Waals surface area (Å²) >= 11 is 0. The first kappa shape index (κ1) is 17.0. The van der Waals surface area contributed by atoms with Gasteiger partial charge in [0, 0.05) is 30.6 Å². The Bertz CT molecular complexity index is 695. The molecule has 24 heavy (non-hydrogen) atoms. The zero-order valence-electron chi connectivity index (χ0n) is 15.2. The minimum atomic E-state index is 0.593. The summed E-state index contributed by atoms with van der Waals surface area (Å²) in [5.74, 6) is 1.70. The summed E-state index contributed by atoms with van der Waals surface area (Å²) in [4.78, 5) is 11.8. The number of ether oxygens (including phenoxy) is 1. The lowest BCUT2D eigenvalue weighted by Gasteiger charge is -2.34. The highest BCUT2D eigenvalue weighted by Crippen LogP contribution is 2.25. The van der Waals surface area contributed by atoms with Crippen LogP contribution in [-0.4, -0.2) is 42.3 Å². The van der Waals surface area contributed by atoms with Gasteiger partial charge >= 0.3 is 0 Å². The number of fused-ring (bicyclic) bond motifs is 1. The molecule has 1 fully saturated rings. The van der Waals surface area contributed by atoms with Crippen LogP contribution in [0, 0.1) is 6.92 Å². The molecule has 0 radical (unpaired) electrons. The number of nitrogens with one attached hydrogen (secondary N) is 1. The monoisotopic (exact) mass is 328 g/mol. The van der Waals surface area contributed by atoms with E-state index in [0.29, 0.717) is 12.1 Å². The summed E-state index contributed by atoms with van der Waals surface area (Å²) in [7, 11) is 1.68. The topological polar surface area (TPSA) is 50.3 Å². The van der Waals surface area contributed by atoms with E-state index < -0.39 is 0 Å². The first-order valence-electron chi connectivity index (χ1n) is 8.94. The summed E-state index contributed by atoms with van der Waals surface area (Å²) in [5.41, 5.74) is 1.99. The molecule has 1 aromatic heterocycles. The average molecular weight is 328 g/mol. The quantitative estimate of drug-likeness (QED) is 0.912. The largest absolute Gasteiger partial charge is 0.497 e. The highest BCUT2D eigenvalue weighted by molar-refractivity contribution is 5.83. The van der Waals surface area contributed by atoms with Crippen molar-refractivity contribution in [2.45, 2.75) is 52.1 Å². The molecule has 0 aliphatic carbocycles. The number of hydrogen-bond acceptors (Lipinski definition) is 5. The zero-order valence-corrected chi connectivity index (χ0v) is 15.2. The van der Waals surface area contributed by atoms with Crippen molar-refractivity contribution in [2.75, 3.05) is 25.1 Å². The predicted octanol–water partition coefficient (Wildman–Crippen LogP) is 3.30. The molecule has 130 valence electrons. The van der Waals surface area contributed by atoms with Crippen molar-refractivity contribution < 1.29 is 4.74 Å². The zero-order chi connectivity index (χ0) is 17.1. The molecule has 0 spiro atoms. The van der Waals surface area contributed by atoms with E-state index in [2.05, 4.69) is 24.1 Å². The van der Waals surface area contributed by atoms with Gasteiger partial charge in [0.15, 0.2) is 0 Å². The maximum atomic E-state index is 5.30. The number of nitrogens with zero attached hydrogens (tertiary/aromatic N) is 3. The first-order chi connectivity index (χ1) is 11.6. The van der Waals surface area contributed by atoms with Crippen molar-refractivity contribution in [3.63, 3.8) is 0 Å². The maximum Gasteiger partial charge on any atom is 0.226 e. The minimum Gasteiger partial charge on any atom is -0.497 e. The third kappa shape index (κ3) is 3.61. The molecule has 1 aliphatic heterocycles. The predicted molar refractivity (Wildman–Crippen MR) is 99.0 cm³/mol. The molecule has 1 N–H and O–H groups in total. The second-order valence-electron chi connectivity index (χ2n) is 6.73. The number of aromatic nitrogens is 2. The van der Waals surface area contributed by atoms with Gasteiger partial charge in [0.2, 0.25) is 5.95 Å². The third-order valence-electron chi connectivity index (χ3n) is 4.99.